The minimum atomic E-state index is -1.98. The first-order chi connectivity index (χ1) is 12.3. The van der Waals surface area contributed by atoms with Gasteiger partial charge in [0.2, 0.25) is 17.1 Å². The highest BCUT2D eigenvalue weighted by Crippen LogP contribution is 2.67. The third-order valence-electron chi connectivity index (χ3n) is 5.54. The van der Waals surface area contributed by atoms with Crippen molar-refractivity contribution in [2.75, 3.05) is 0 Å². The lowest BCUT2D eigenvalue weighted by Gasteiger charge is -2.48. The predicted octanol–water partition coefficient (Wildman–Crippen LogP) is 4.36. The minimum Gasteiger partial charge on any atom is -0.447 e. The van der Waals surface area contributed by atoms with Gasteiger partial charge in [0, 0.05) is 6.42 Å². The highest BCUT2D eigenvalue weighted by atomic mass is 35.5. The van der Waals surface area contributed by atoms with E-state index in [2.05, 4.69) is 6.07 Å². The van der Waals surface area contributed by atoms with E-state index in [9.17, 15) is 15.8 Å². The van der Waals surface area contributed by atoms with Crippen LogP contribution >= 0.6 is 23.2 Å². The second-order valence-electron chi connectivity index (χ2n) is 6.44. The SMILES string of the molecule is CCC12OC(=N)C(C#N)(C1C)C(C#N)(C#N)C(c1ccc(Cl)c(Cl)c1)O2. The summed E-state index contributed by atoms with van der Waals surface area (Å²) in [4.78, 5) is 0. The maximum absolute atomic E-state index is 10.0. The Kier molecular flexibility index (Phi) is 4.17. The number of ether oxygens (including phenoxy) is 2. The second kappa shape index (κ2) is 5.86. The summed E-state index contributed by atoms with van der Waals surface area (Å²) in [5.41, 5.74) is -3.32. The zero-order chi connectivity index (χ0) is 19.3. The molecule has 3 rings (SSSR count). The van der Waals surface area contributed by atoms with Gasteiger partial charge in [-0.2, -0.15) is 15.8 Å². The first kappa shape index (κ1) is 18.5. The Balaban J connectivity index is 2.34. The van der Waals surface area contributed by atoms with Crippen LogP contribution in [0.5, 0.6) is 0 Å². The number of rotatable bonds is 2. The number of fused-ring (bicyclic) bond motifs is 2. The van der Waals surface area contributed by atoms with Crippen molar-refractivity contribution in [3.05, 3.63) is 33.8 Å². The third kappa shape index (κ3) is 1.91. The summed E-state index contributed by atoms with van der Waals surface area (Å²) in [5, 5.41) is 38.8. The monoisotopic (exact) mass is 388 g/mol. The molecule has 4 unspecified atom stereocenters. The summed E-state index contributed by atoms with van der Waals surface area (Å²) in [6, 6.07) is 10.6. The molecule has 2 bridgehead atoms. The lowest BCUT2D eigenvalue weighted by atomic mass is 9.53. The van der Waals surface area contributed by atoms with E-state index < -0.39 is 34.5 Å². The Morgan fingerprint density at radius 2 is 1.81 bits per heavy atom. The van der Waals surface area contributed by atoms with E-state index in [1.165, 1.54) is 12.1 Å². The van der Waals surface area contributed by atoms with Gasteiger partial charge in [0.1, 0.15) is 6.10 Å². The molecule has 6 nitrogen and oxygen atoms in total. The molecule has 8 heteroatoms. The van der Waals surface area contributed by atoms with Crippen LogP contribution in [0.3, 0.4) is 0 Å². The van der Waals surface area contributed by atoms with Crippen LogP contribution in [-0.4, -0.2) is 11.7 Å². The normalized spacial score (nSPS) is 34.3. The van der Waals surface area contributed by atoms with Crippen LogP contribution in [0.4, 0.5) is 0 Å². The lowest BCUT2D eigenvalue weighted by molar-refractivity contribution is -0.280. The maximum atomic E-state index is 10.0. The molecule has 1 aromatic rings. The molecule has 26 heavy (non-hydrogen) atoms. The molecule has 0 amide bonds. The Bertz CT molecular complexity index is 915. The first-order valence-corrected chi connectivity index (χ1v) is 8.68. The van der Waals surface area contributed by atoms with Crippen molar-refractivity contribution >= 4 is 29.1 Å². The first-order valence-electron chi connectivity index (χ1n) is 7.93. The fraction of sp³-hybridized carbons (Fsp3) is 0.444. The van der Waals surface area contributed by atoms with E-state index in [1.54, 1.807) is 19.9 Å². The fourth-order valence-corrected chi connectivity index (χ4v) is 4.33. The Morgan fingerprint density at radius 1 is 1.15 bits per heavy atom. The molecule has 1 aromatic carbocycles. The molecule has 2 heterocycles. The second-order valence-corrected chi connectivity index (χ2v) is 7.26. The average Bonchev–Trinajstić information content (AvgIpc) is 2.80. The molecule has 0 spiro atoms. The predicted molar refractivity (Wildman–Crippen MR) is 93.0 cm³/mol. The molecule has 0 aromatic heterocycles. The van der Waals surface area contributed by atoms with E-state index in [-0.39, 0.29) is 5.02 Å². The van der Waals surface area contributed by atoms with Gasteiger partial charge in [-0.1, -0.05) is 43.1 Å². The van der Waals surface area contributed by atoms with Crippen molar-refractivity contribution in [1.82, 2.24) is 0 Å². The van der Waals surface area contributed by atoms with Crippen LogP contribution in [0.15, 0.2) is 18.2 Å². The third-order valence-corrected chi connectivity index (χ3v) is 6.28. The molecule has 2 fully saturated rings. The molecule has 4 atom stereocenters. The zero-order valence-electron chi connectivity index (χ0n) is 14.0. The van der Waals surface area contributed by atoms with Crippen LogP contribution in [0, 0.1) is 56.2 Å². The zero-order valence-corrected chi connectivity index (χ0v) is 15.5. The van der Waals surface area contributed by atoms with Gasteiger partial charge in [-0.05, 0) is 17.7 Å². The number of nitrogens with zero attached hydrogens (tertiary/aromatic N) is 3. The number of nitriles is 3. The Hall–Kier alpha value is -2.30. The number of nitrogens with one attached hydrogen (secondary N) is 1. The van der Waals surface area contributed by atoms with Crippen LogP contribution < -0.4 is 0 Å². The van der Waals surface area contributed by atoms with Crippen LogP contribution in [-0.2, 0) is 9.47 Å². The fourth-order valence-electron chi connectivity index (χ4n) is 4.02. The van der Waals surface area contributed by atoms with Gasteiger partial charge >= 0.3 is 0 Å². The summed E-state index contributed by atoms with van der Waals surface area (Å²) in [6.07, 6.45) is -0.795. The Labute approximate surface area is 160 Å². The lowest BCUT2D eigenvalue weighted by Crippen LogP contribution is -2.58. The van der Waals surface area contributed by atoms with Crippen molar-refractivity contribution in [3.63, 3.8) is 0 Å². The molecule has 0 radical (unpaired) electrons. The van der Waals surface area contributed by atoms with Crippen LogP contribution in [0.25, 0.3) is 0 Å². The highest BCUT2D eigenvalue weighted by Gasteiger charge is 2.78. The molecule has 1 N–H and O–H groups in total. The topological polar surface area (TPSA) is 114 Å². The molecule has 2 aliphatic rings. The van der Waals surface area contributed by atoms with Crippen molar-refractivity contribution in [2.24, 2.45) is 16.7 Å². The quantitative estimate of drug-likeness (QED) is 0.807. The standard InChI is InChI=1S/C18H14Cl2N4O2/c1-3-18-10(2)17(9-23,15(24)26-18)16(7-21,8-22)14(25-18)11-4-5-12(19)13(20)6-11/h4-6,10,14,24H,3H2,1-2H3. The minimum absolute atomic E-state index is 0.232. The van der Waals surface area contributed by atoms with Gasteiger partial charge in [-0.3, -0.25) is 5.41 Å². The van der Waals surface area contributed by atoms with Crippen LogP contribution in [0.2, 0.25) is 10.0 Å². The molecule has 2 saturated heterocycles. The molecular weight excluding hydrogens is 375 g/mol. The smallest absolute Gasteiger partial charge is 0.217 e. The number of hydrogen-bond donors (Lipinski definition) is 1. The molecular formula is C18H14Cl2N4O2. The van der Waals surface area contributed by atoms with E-state index in [4.69, 9.17) is 38.1 Å². The number of hydrogen-bond acceptors (Lipinski definition) is 6. The summed E-state index contributed by atoms with van der Waals surface area (Å²) < 4.78 is 11.8. The van der Waals surface area contributed by atoms with Crippen molar-refractivity contribution in [1.29, 1.82) is 21.2 Å². The van der Waals surface area contributed by atoms with Gasteiger partial charge in [-0.25, -0.2) is 0 Å². The summed E-state index contributed by atoms with van der Waals surface area (Å²) in [6.45, 7) is 3.47. The van der Waals surface area contributed by atoms with Crippen molar-refractivity contribution in [3.8, 4) is 18.2 Å². The van der Waals surface area contributed by atoms with Gasteiger partial charge in [0.15, 0.2) is 5.41 Å². The summed E-state index contributed by atoms with van der Waals surface area (Å²) >= 11 is 12.1. The Morgan fingerprint density at radius 3 is 2.31 bits per heavy atom. The van der Waals surface area contributed by atoms with Gasteiger partial charge in [-0.15, -0.1) is 0 Å². The molecule has 0 aliphatic carbocycles. The van der Waals surface area contributed by atoms with E-state index in [0.717, 1.165) is 0 Å². The highest BCUT2D eigenvalue weighted by molar-refractivity contribution is 6.42. The van der Waals surface area contributed by atoms with Gasteiger partial charge in [0.25, 0.3) is 0 Å². The van der Waals surface area contributed by atoms with E-state index in [0.29, 0.717) is 17.0 Å². The molecule has 132 valence electrons. The van der Waals surface area contributed by atoms with Gasteiger partial charge in [0.05, 0.1) is 34.2 Å². The van der Waals surface area contributed by atoms with Gasteiger partial charge < -0.3 is 9.47 Å². The average molecular weight is 389 g/mol. The van der Waals surface area contributed by atoms with E-state index >= 15 is 0 Å². The largest absolute Gasteiger partial charge is 0.447 e. The van der Waals surface area contributed by atoms with Crippen LogP contribution in [0.1, 0.15) is 31.9 Å². The van der Waals surface area contributed by atoms with E-state index in [1.807, 2.05) is 12.1 Å². The summed E-state index contributed by atoms with van der Waals surface area (Å²) in [7, 11) is 0. The molecule has 2 aliphatic heterocycles. The van der Waals surface area contributed by atoms with Crippen molar-refractivity contribution in [2.45, 2.75) is 32.2 Å². The maximum Gasteiger partial charge on any atom is 0.217 e. The molecule has 0 saturated carbocycles. The van der Waals surface area contributed by atoms with Crippen molar-refractivity contribution < 1.29 is 9.47 Å². The number of benzene rings is 1. The summed E-state index contributed by atoms with van der Waals surface area (Å²) in [5.74, 6) is -2.38. The number of halogens is 2.